The molecule has 3 heteroatoms. The Morgan fingerprint density at radius 1 is 1.24 bits per heavy atom. The maximum Gasteiger partial charge on any atom is 0.0404 e. The summed E-state index contributed by atoms with van der Waals surface area (Å²) in [4.78, 5) is 2.27. The molecule has 17 heavy (non-hydrogen) atoms. The second-order valence-electron chi connectivity index (χ2n) is 3.94. The van der Waals surface area contributed by atoms with Gasteiger partial charge < -0.3 is 10.2 Å². The maximum atomic E-state index is 5.53. The number of para-hydroxylation sites is 1. The van der Waals surface area contributed by atoms with E-state index < -0.39 is 0 Å². The van der Waals surface area contributed by atoms with Gasteiger partial charge in [0.1, 0.15) is 0 Å². The molecule has 0 atom stereocenters. The number of alkyl halides is 1. The van der Waals surface area contributed by atoms with Gasteiger partial charge >= 0.3 is 0 Å². The predicted molar refractivity (Wildman–Crippen MR) is 77.1 cm³/mol. The number of nitrogens with zero attached hydrogens (tertiary/aromatic N) is 1. The van der Waals surface area contributed by atoms with Crippen molar-refractivity contribution < 1.29 is 0 Å². The minimum Gasteiger partial charge on any atom is -0.375 e. The Hall–Kier alpha value is -0.990. The third-order valence-electron chi connectivity index (χ3n) is 2.56. The summed E-state index contributed by atoms with van der Waals surface area (Å²) in [6, 6.07) is 10.5. The highest BCUT2D eigenvalue weighted by Crippen LogP contribution is 2.10. The Bertz CT molecular complexity index is 311. The molecular weight excluding hydrogens is 232 g/mol. The van der Waals surface area contributed by atoms with Gasteiger partial charge in [-0.05, 0) is 25.1 Å². The van der Waals surface area contributed by atoms with Gasteiger partial charge in [-0.15, -0.1) is 11.6 Å². The van der Waals surface area contributed by atoms with Crippen molar-refractivity contribution in [3.8, 4) is 0 Å². The Morgan fingerprint density at radius 2 is 2.00 bits per heavy atom. The predicted octanol–water partition coefficient (Wildman–Crippen LogP) is 2.90. The molecule has 0 radical (unpaired) electrons. The lowest BCUT2D eigenvalue weighted by atomic mass is 10.3. The Labute approximate surface area is 109 Å². The highest BCUT2D eigenvalue weighted by Gasteiger charge is 1.97. The van der Waals surface area contributed by atoms with Gasteiger partial charge in [0.25, 0.3) is 0 Å². The van der Waals surface area contributed by atoms with E-state index in [0.29, 0.717) is 5.88 Å². The molecule has 94 valence electrons. The van der Waals surface area contributed by atoms with Gasteiger partial charge in [0.05, 0.1) is 0 Å². The van der Waals surface area contributed by atoms with Crippen LogP contribution in [0.4, 0.5) is 5.69 Å². The van der Waals surface area contributed by atoms with E-state index in [1.807, 2.05) is 12.1 Å². The van der Waals surface area contributed by atoms with E-state index in [2.05, 4.69) is 47.6 Å². The molecule has 0 amide bonds. The molecule has 1 aromatic rings. The first-order valence-electron chi connectivity index (χ1n) is 6.02. The molecule has 1 aromatic carbocycles. The van der Waals surface area contributed by atoms with Crippen LogP contribution in [-0.2, 0) is 0 Å². The molecule has 1 rings (SSSR count). The zero-order valence-corrected chi connectivity index (χ0v) is 11.2. The number of halogens is 1. The first-order valence-corrected chi connectivity index (χ1v) is 6.56. The lowest BCUT2D eigenvalue weighted by molar-refractivity contribution is 0.685. The highest BCUT2D eigenvalue weighted by atomic mass is 35.5. The quantitative estimate of drug-likeness (QED) is 0.435. The van der Waals surface area contributed by atoms with E-state index >= 15 is 0 Å². The number of nitrogens with one attached hydrogen (secondary N) is 1. The van der Waals surface area contributed by atoms with Crippen LogP contribution in [-0.4, -0.2) is 32.6 Å². The Kier molecular flexibility index (Phi) is 7.52. The summed E-state index contributed by atoms with van der Waals surface area (Å²) in [6.07, 6.45) is 5.17. The first-order chi connectivity index (χ1) is 8.34. The number of rotatable bonds is 8. The third-order valence-corrected chi connectivity index (χ3v) is 2.74. The summed E-state index contributed by atoms with van der Waals surface area (Å²) in [7, 11) is 2.13. The summed E-state index contributed by atoms with van der Waals surface area (Å²) in [5, 5.41) is 3.35. The molecule has 0 bridgehead atoms. The van der Waals surface area contributed by atoms with Crippen LogP contribution in [0.15, 0.2) is 42.5 Å². The van der Waals surface area contributed by atoms with Crippen molar-refractivity contribution in [1.82, 2.24) is 5.32 Å². The Morgan fingerprint density at radius 3 is 2.71 bits per heavy atom. The zero-order chi connectivity index (χ0) is 12.3. The fourth-order valence-corrected chi connectivity index (χ4v) is 1.71. The third kappa shape index (κ3) is 6.35. The van der Waals surface area contributed by atoms with Crippen LogP contribution in [0.3, 0.4) is 0 Å². The molecule has 0 saturated heterocycles. The van der Waals surface area contributed by atoms with E-state index in [1.165, 1.54) is 5.69 Å². The van der Waals surface area contributed by atoms with Crippen LogP contribution < -0.4 is 10.2 Å². The molecule has 0 aliphatic heterocycles. The van der Waals surface area contributed by atoms with Crippen molar-refractivity contribution in [2.75, 3.05) is 37.5 Å². The molecule has 0 unspecified atom stereocenters. The largest absolute Gasteiger partial charge is 0.375 e. The van der Waals surface area contributed by atoms with Gasteiger partial charge in [-0.25, -0.2) is 0 Å². The molecule has 0 aliphatic carbocycles. The SMILES string of the molecule is CN(CCCNC/C=C/CCl)c1ccccc1. The Balaban J connectivity index is 2.09. The van der Waals surface area contributed by atoms with Gasteiger partial charge in [-0.2, -0.15) is 0 Å². The highest BCUT2D eigenvalue weighted by molar-refractivity contribution is 6.18. The molecule has 0 fully saturated rings. The molecule has 1 N–H and O–H groups in total. The van der Waals surface area contributed by atoms with Crippen molar-refractivity contribution in [2.45, 2.75) is 6.42 Å². The maximum absolute atomic E-state index is 5.53. The lowest BCUT2D eigenvalue weighted by Gasteiger charge is -2.19. The summed E-state index contributed by atoms with van der Waals surface area (Å²) >= 11 is 5.53. The van der Waals surface area contributed by atoms with Crippen molar-refractivity contribution in [3.63, 3.8) is 0 Å². The summed E-state index contributed by atoms with van der Waals surface area (Å²) < 4.78 is 0. The molecule has 0 aliphatic rings. The molecule has 2 nitrogen and oxygen atoms in total. The summed E-state index contributed by atoms with van der Waals surface area (Å²) in [5.74, 6) is 0.596. The summed E-state index contributed by atoms with van der Waals surface area (Å²) in [5.41, 5.74) is 1.27. The zero-order valence-electron chi connectivity index (χ0n) is 10.4. The second kappa shape index (κ2) is 9.08. The molecule has 0 spiro atoms. The van der Waals surface area contributed by atoms with E-state index in [1.54, 1.807) is 0 Å². The number of anilines is 1. The van der Waals surface area contributed by atoms with E-state index in [-0.39, 0.29) is 0 Å². The van der Waals surface area contributed by atoms with Gasteiger partial charge in [0.15, 0.2) is 0 Å². The van der Waals surface area contributed by atoms with Crippen LogP contribution in [0.1, 0.15) is 6.42 Å². The van der Waals surface area contributed by atoms with Crippen molar-refractivity contribution in [2.24, 2.45) is 0 Å². The average molecular weight is 253 g/mol. The fourth-order valence-electron chi connectivity index (χ4n) is 1.58. The van der Waals surface area contributed by atoms with Crippen LogP contribution in [0.2, 0.25) is 0 Å². The van der Waals surface area contributed by atoms with Gasteiger partial charge in [-0.1, -0.05) is 30.4 Å². The molecule has 0 saturated carbocycles. The van der Waals surface area contributed by atoms with E-state index in [9.17, 15) is 0 Å². The van der Waals surface area contributed by atoms with Crippen LogP contribution in [0.5, 0.6) is 0 Å². The van der Waals surface area contributed by atoms with E-state index in [4.69, 9.17) is 11.6 Å². The van der Waals surface area contributed by atoms with Gasteiger partial charge in [0.2, 0.25) is 0 Å². The number of benzene rings is 1. The second-order valence-corrected chi connectivity index (χ2v) is 4.25. The van der Waals surface area contributed by atoms with Gasteiger partial charge in [-0.3, -0.25) is 0 Å². The van der Waals surface area contributed by atoms with E-state index in [0.717, 1.165) is 26.1 Å². The number of hydrogen-bond acceptors (Lipinski definition) is 2. The first kappa shape index (κ1) is 14.1. The molecular formula is C14H21ClN2. The monoisotopic (exact) mass is 252 g/mol. The lowest BCUT2D eigenvalue weighted by Crippen LogP contribution is -2.23. The minimum absolute atomic E-state index is 0.596. The fraction of sp³-hybridized carbons (Fsp3) is 0.429. The standard InChI is InChI=1S/C14H21ClN2/c1-17(14-8-3-2-4-9-14)13-7-12-16-11-6-5-10-15/h2-6,8-9,16H,7,10-13H2,1H3/b6-5+. The number of hydrogen-bond donors (Lipinski definition) is 1. The molecule has 0 heterocycles. The van der Waals surface area contributed by atoms with Crippen molar-refractivity contribution in [3.05, 3.63) is 42.5 Å². The number of allylic oxidation sites excluding steroid dienone is 1. The van der Waals surface area contributed by atoms with Crippen LogP contribution in [0, 0.1) is 0 Å². The van der Waals surface area contributed by atoms with Crippen molar-refractivity contribution >= 4 is 17.3 Å². The van der Waals surface area contributed by atoms with Gasteiger partial charge in [0, 0.05) is 31.7 Å². The summed E-state index contributed by atoms with van der Waals surface area (Å²) in [6.45, 7) is 3.00. The van der Waals surface area contributed by atoms with Crippen LogP contribution in [0.25, 0.3) is 0 Å². The topological polar surface area (TPSA) is 15.3 Å². The molecule has 0 aromatic heterocycles. The van der Waals surface area contributed by atoms with Crippen LogP contribution >= 0.6 is 11.6 Å². The van der Waals surface area contributed by atoms with Crippen molar-refractivity contribution in [1.29, 1.82) is 0 Å². The smallest absolute Gasteiger partial charge is 0.0404 e. The average Bonchev–Trinajstić information content (AvgIpc) is 2.38. The minimum atomic E-state index is 0.596. The normalized spacial score (nSPS) is 10.9.